The van der Waals surface area contributed by atoms with Crippen molar-refractivity contribution in [2.24, 2.45) is 7.05 Å². The summed E-state index contributed by atoms with van der Waals surface area (Å²) in [4.78, 5) is 12.0. The van der Waals surface area contributed by atoms with Crippen LogP contribution in [-0.2, 0) is 7.05 Å². The molecular weight excluding hydrogens is 272 g/mol. The Morgan fingerprint density at radius 2 is 2.17 bits per heavy atom. The zero-order valence-electron chi connectivity index (χ0n) is 9.85. The molecule has 0 atom stereocenters. The number of aromatic nitrogens is 2. The minimum absolute atomic E-state index is 0.0121. The van der Waals surface area contributed by atoms with E-state index in [0.717, 1.165) is 10.5 Å². The smallest absolute Gasteiger partial charge is 0.356 e. The molecule has 94 valence electrons. The maximum atomic E-state index is 10.9. The lowest BCUT2D eigenvalue weighted by Gasteiger charge is -2.06. The van der Waals surface area contributed by atoms with E-state index >= 15 is 0 Å². The van der Waals surface area contributed by atoms with Crippen molar-refractivity contribution >= 4 is 29.3 Å². The minimum atomic E-state index is -1.05. The van der Waals surface area contributed by atoms with Crippen molar-refractivity contribution in [3.63, 3.8) is 0 Å². The lowest BCUT2D eigenvalue weighted by atomic mass is 10.1. The highest BCUT2D eigenvalue weighted by molar-refractivity contribution is 7.98. The van der Waals surface area contributed by atoms with Crippen LogP contribution in [0.5, 0.6) is 0 Å². The summed E-state index contributed by atoms with van der Waals surface area (Å²) in [5.74, 6) is -1.05. The van der Waals surface area contributed by atoms with E-state index in [-0.39, 0.29) is 5.69 Å². The van der Waals surface area contributed by atoms with Crippen LogP contribution in [0.1, 0.15) is 10.5 Å². The minimum Gasteiger partial charge on any atom is -0.476 e. The van der Waals surface area contributed by atoms with Gasteiger partial charge in [0.25, 0.3) is 0 Å². The molecule has 0 aliphatic heterocycles. The van der Waals surface area contributed by atoms with E-state index in [2.05, 4.69) is 5.10 Å². The van der Waals surface area contributed by atoms with Gasteiger partial charge in [0.2, 0.25) is 0 Å². The molecule has 0 bridgehead atoms. The molecule has 18 heavy (non-hydrogen) atoms. The number of halogens is 1. The maximum absolute atomic E-state index is 10.9. The normalized spacial score (nSPS) is 10.6. The van der Waals surface area contributed by atoms with Crippen molar-refractivity contribution in [2.75, 3.05) is 6.26 Å². The van der Waals surface area contributed by atoms with Gasteiger partial charge in [-0.1, -0.05) is 11.6 Å². The van der Waals surface area contributed by atoms with Crippen LogP contribution in [0.15, 0.2) is 29.2 Å². The van der Waals surface area contributed by atoms with Crippen LogP contribution in [0.4, 0.5) is 0 Å². The number of carboxylic acids is 1. The van der Waals surface area contributed by atoms with E-state index in [1.165, 1.54) is 10.7 Å². The fourth-order valence-corrected chi connectivity index (χ4v) is 2.31. The quantitative estimate of drug-likeness (QED) is 0.879. The molecule has 0 aliphatic carbocycles. The highest BCUT2D eigenvalue weighted by Gasteiger charge is 2.15. The molecule has 2 aromatic rings. The first-order valence-electron chi connectivity index (χ1n) is 5.14. The van der Waals surface area contributed by atoms with Crippen molar-refractivity contribution in [3.8, 4) is 11.3 Å². The molecule has 0 radical (unpaired) electrons. The van der Waals surface area contributed by atoms with E-state index < -0.39 is 5.97 Å². The average molecular weight is 283 g/mol. The lowest BCUT2D eigenvalue weighted by Crippen LogP contribution is -1.99. The van der Waals surface area contributed by atoms with E-state index in [4.69, 9.17) is 16.7 Å². The highest BCUT2D eigenvalue weighted by Crippen LogP contribution is 2.31. The van der Waals surface area contributed by atoms with Gasteiger partial charge in [-0.05, 0) is 30.5 Å². The third kappa shape index (κ3) is 2.37. The van der Waals surface area contributed by atoms with Gasteiger partial charge in [-0.3, -0.25) is 4.68 Å². The van der Waals surface area contributed by atoms with Gasteiger partial charge in [0.05, 0.1) is 10.7 Å². The second-order valence-electron chi connectivity index (χ2n) is 3.69. The molecule has 1 aromatic heterocycles. The van der Waals surface area contributed by atoms with E-state index in [1.807, 2.05) is 18.4 Å². The van der Waals surface area contributed by atoms with Gasteiger partial charge in [0.15, 0.2) is 5.69 Å². The fourth-order valence-electron chi connectivity index (χ4n) is 1.65. The molecule has 1 aromatic carbocycles. The van der Waals surface area contributed by atoms with Crippen molar-refractivity contribution in [2.45, 2.75) is 4.90 Å². The first kappa shape index (κ1) is 13.0. The molecule has 0 saturated heterocycles. The maximum Gasteiger partial charge on any atom is 0.356 e. The highest BCUT2D eigenvalue weighted by atomic mass is 35.5. The number of aryl methyl sites for hydroxylation is 1. The molecule has 6 heteroatoms. The van der Waals surface area contributed by atoms with Gasteiger partial charge >= 0.3 is 5.97 Å². The first-order chi connectivity index (χ1) is 8.52. The molecular formula is C12H11ClN2O2S. The monoisotopic (exact) mass is 282 g/mol. The number of thioether (sulfide) groups is 1. The van der Waals surface area contributed by atoms with Crippen LogP contribution < -0.4 is 0 Å². The fraction of sp³-hybridized carbons (Fsp3) is 0.167. The summed E-state index contributed by atoms with van der Waals surface area (Å²) >= 11 is 7.75. The standard InChI is InChI=1S/C12H11ClN2O2S/c1-15-11(6-10(14-15)12(16)17)8-5-7(18-2)3-4-9(8)13/h3-6H,1-2H3,(H,16,17). The summed E-state index contributed by atoms with van der Waals surface area (Å²) in [5.41, 5.74) is 1.48. The average Bonchev–Trinajstić information content (AvgIpc) is 2.72. The van der Waals surface area contributed by atoms with Gasteiger partial charge < -0.3 is 5.11 Å². The Labute approximate surface area is 114 Å². The summed E-state index contributed by atoms with van der Waals surface area (Å²) in [6.07, 6.45) is 1.97. The Bertz CT molecular complexity index is 610. The van der Waals surface area contributed by atoms with Gasteiger partial charge in [-0.25, -0.2) is 4.79 Å². The van der Waals surface area contributed by atoms with Gasteiger partial charge in [0, 0.05) is 17.5 Å². The first-order valence-corrected chi connectivity index (χ1v) is 6.74. The third-order valence-electron chi connectivity index (χ3n) is 2.55. The topological polar surface area (TPSA) is 55.1 Å². The van der Waals surface area contributed by atoms with Crippen LogP contribution in [0.25, 0.3) is 11.3 Å². The molecule has 1 heterocycles. The Kier molecular flexibility index (Phi) is 3.63. The van der Waals surface area contributed by atoms with E-state index in [0.29, 0.717) is 10.7 Å². The summed E-state index contributed by atoms with van der Waals surface area (Å²) in [6, 6.07) is 7.17. The zero-order chi connectivity index (χ0) is 13.3. The zero-order valence-corrected chi connectivity index (χ0v) is 11.4. The summed E-state index contributed by atoms with van der Waals surface area (Å²) in [6.45, 7) is 0. The number of nitrogens with zero attached hydrogens (tertiary/aromatic N) is 2. The van der Waals surface area contributed by atoms with Gasteiger partial charge in [-0.2, -0.15) is 5.10 Å². The second-order valence-corrected chi connectivity index (χ2v) is 4.98. The Hall–Kier alpha value is -1.46. The third-order valence-corrected chi connectivity index (χ3v) is 3.60. The molecule has 4 nitrogen and oxygen atoms in total. The predicted molar refractivity (Wildman–Crippen MR) is 72.4 cm³/mol. The Balaban J connectivity index is 2.57. The molecule has 0 amide bonds. The largest absolute Gasteiger partial charge is 0.476 e. The lowest BCUT2D eigenvalue weighted by molar-refractivity contribution is 0.0689. The summed E-state index contributed by atoms with van der Waals surface area (Å²) in [5, 5.41) is 13.4. The van der Waals surface area contributed by atoms with E-state index in [9.17, 15) is 4.79 Å². The Morgan fingerprint density at radius 3 is 2.72 bits per heavy atom. The molecule has 0 unspecified atom stereocenters. The molecule has 0 spiro atoms. The summed E-state index contributed by atoms with van der Waals surface area (Å²) < 4.78 is 1.52. The SMILES string of the molecule is CSc1ccc(Cl)c(-c2cc(C(=O)O)nn2C)c1. The van der Waals surface area contributed by atoms with Crippen LogP contribution in [0.3, 0.4) is 0 Å². The van der Waals surface area contributed by atoms with Crippen molar-refractivity contribution < 1.29 is 9.90 Å². The number of hydrogen-bond donors (Lipinski definition) is 1. The molecule has 0 fully saturated rings. The van der Waals surface area contributed by atoms with Crippen LogP contribution in [-0.4, -0.2) is 27.1 Å². The van der Waals surface area contributed by atoms with E-state index in [1.54, 1.807) is 24.9 Å². The molecule has 1 N–H and O–H groups in total. The van der Waals surface area contributed by atoms with Crippen molar-refractivity contribution in [3.05, 3.63) is 35.0 Å². The van der Waals surface area contributed by atoms with Crippen molar-refractivity contribution in [1.82, 2.24) is 9.78 Å². The molecule has 0 saturated carbocycles. The summed E-state index contributed by atoms with van der Waals surface area (Å²) in [7, 11) is 1.70. The Morgan fingerprint density at radius 1 is 1.44 bits per heavy atom. The predicted octanol–water partition coefficient (Wildman–Crippen LogP) is 3.16. The van der Waals surface area contributed by atoms with Crippen LogP contribution >= 0.6 is 23.4 Å². The number of benzene rings is 1. The number of aromatic carboxylic acids is 1. The number of carbonyl (C=O) groups is 1. The van der Waals surface area contributed by atoms with Gasteiger partial charge in [0.1, 0.15) is 0 Å². The molecule has 0 aliphatic rings. The number of rotatable bonds is 3. The number of hydrogen-bond acceptors (Lipinski definition) is 3. The molecule has 2 rings (SSSR count). The second kappa shape index (κ2) is 5.04. The van der Waals surface area contributed by atoms with Gasteiger partial charge in [-0.15, -0.1) is 11.8 Å². The van der Waals surface area contributed by atoms with Crippen molar-refractivity contribution in [1.29, 1.82) is 0 Å². The van der Waals surface area contributed by atoms with Crippen LogP contribution in [0, 0.1) is 0 Å². The number of carboxylic acid groups (broad SMARTS) is 1. The van der Waals surface area contributed by atoms with Crippen LogP contribution in [0.2, 0.25) is 5.02 Å².